The van der Waals surface area contributed by atoms with Gasteiger partial charge in [0.05, 0.1) is 26.1 Å². The van der Waals surface area contributed by atoms with Gasteiger partial charge in [-0.05, 0) is 12.8 Å². The van der Waals surface area contributed by atoms with Gasteiger partial charge in [-0.2, -0.15) is 0 Å². The number of hydrogen-bond acceptors (Lipinski definition) is 9. The maximum atomic E-state index is 12.3. The molecule has 1 heterocycles. The Morgan fingerprint density at radius 3 is 2.00 bits per heavy atom. The molecule has 1 saturated heterocycles. The van der Waals surface area contributed by atoms with Crippen molar-refractivity contribution in [1.29, 1.82) is 0 Å². The quantitative estimate of drug-likeness (QED) is 0.280. The van der Waals surface area contributed by atoms with E-state index in [0.717, 1.165) is 18.7 Å². The van der Waals surface area contributed by atoms with Crippen molar-refractivity contribution >= 4 is 23.9 Å². The van der Waals surface area contributed by atoms with Crippen molar-refractivity contribution in [2.45, 2.75) is 71.2 Å². The normalized spacial score (nSPS) is 26.6. The number of quaternary nitrogens is 1. The second-order valence-electron chi connectivity index (χ2n) is 7.11. The van der Waals surface area contributed by atoms with Crippen molar-refractivity contribution in [3.8, 4) is 12.3 Å². The van der Waals surface area contributed by atoms with Gasteiger partial charge in [0, 0.05) is 27.2 Å². The van der Waals surface area contributed by atoms with Crippen LogP contribution < -0.4 is 4.90 Å². The maximum Gasteiger partial charge on any atom is 0.308 e. The SMILES string of the molecule is C#CC[NH+](C)CCCC(=O)OC1OC(C)C(OC(C)=O)C(OC(C)=O)C1OC(C)=O. The van der Waals surface area contributed by atoms with Crippen LogP contribution in [0.5, 0.6) is 0 Å². The van der Waals surface area contributed by atoms with Crippen LogP contribution in [0.3, 0.4) is 0 Å². The first-order valence-electron chi connectivity index (χ1n) is 9.66. The molecule has 1 rings (SSSR count). The van der Waals surface area contributed by atoms with Crippen LogP contribution in [0.1, 0.15) is 40.5 Å². The predicted molar refractivity (Wildman–Crippen MR) is 102 cm³/mol. The van der Waals surface area contributed by atoms with Gasteiger partial charge in [-0.1, -0.05) is 0 Å². The van der Waals surface area contributed by atoms with Crippen LogP contribution in [0.15, 0.2) is 0 Å². The largest absolute Gasteiger partial charge is 0.456 e. The number of carbonyl (C=O) groups is 4. The molecule has 10 heteroatoms. The lowest BCUT2D eigenvalue weighted by Gasteiger charge is -2.42. The molecule has 0 saturated carbocycles. The number of nitrogens with one attached hydrogen (secondary N) is 1. The highest BCUT2D eigenvalue weighted by atomic mass is 16.7. The van der Waals surface area contributed by atoms with E-state index in [2.05, 4.69) is 5.92 Å². The van der Waals surface area contributed by atoms with Crippen LogP contribution in [0.25, 0.3) is 0 Å². The molecule has 1 fully saturated rings. The van der Waals surface area contributed by atoms with E-state index in [1.807, 2.05) is 7.05 Å². The second kappa shape index (κ2) is 12.1. The summed E-state index contributed by atoms with van der Waals surface area (Å²) in [6.45, 7) is 6.25. The van der Waals surface area contributed by atoms with Crippen LogP contribution in [-0.2, 0) is 42.9 Å². The monoisotopic (exact) mass is 428 g/mol. The number of esters is 4. The van der Waals surface area contributed by atoms with Crippen LogP contribution in [0, 0.1) is 12.3 Å². The standard InChI is InChI=1S/C20H29NO9/c1-7-10-21(6)11-8-9-16(25)30-20-19(29-15(5)24)18(28-14(4)23)17(12(2)26-20)27-13(3)22/h1,12,17-20H,8-11H2,2-6H3/p+1. The Labute approximate surface area is 176 Å². The first kappa shape index (κ1) is 25.4. The molecule has 10 nitrogen and oxygen atoms in total. The molecule has 0 bridgehead atoms. The van der Waals surface area contributed by atoms with Crippen LogP contribution in [0.2, 0.25) is 0 Å². The summed E-state index contributed by atoms with van der Waals surface area (Å²) in [4.78, 5) is 48.0. The molecule has 1 N–H and O–H groups in total. The first-order chi connectivity index (χ1) is 14.0. The Bertz CT molecular complexity index is 672. The van der Waals surface area contributed by atoms with Gasteiger partial charge in [0.25, 0.3) is 0 Å². The fraction of sp³-hybridized carbons (Fsp3) is 0.700. The second-order valence-corrected chi connectivity index (χ2v) is 7.11. The highest BCUT2D eigenvalue weighted by Gasteiger charge is 2.51. The van der Waals surface area contributed by atoms with Crippen molar-refractivity contribution in [2.24, 2.45) is 0 Å². The summed E-state index contributed by atoms with van der Waals surface area (Å²) in [7, 11) is 1.91. The van der Waals surface area contributed by atoms with E-state index in [1.54, 1.807) is 6.92 Å². The van der Waals surface area contributed by atoms with Crippen molar-refractivity contribution < 1.29 is 47.8 Å². The minimum atomic E-state index is -1.33. The molecule has 0 amide bonds. The molecule has 0 aromatic carbocycles. The highest BCUT2D eigenvalue weighted by molar-refractivity contribution is 5.70. The number of carbonyl (C=O) groups excluding carboxylic acids is 4. The molecule has 0 radical (unpaired) electrons. The van der Waals surface area contributed by atoms with E-state index >= 15 is 0 Å². The maximum absolute atomic E-state index is 12.3. The molecule has 30 heavy (non-hydrogen) atoms. The van der Waals surface area contributed by atoms with Gasteiger partial charge in [-0.3, -0.25) is 19.2 Å². The number of ether oxygens (including phenoxy) is 5. The summed E-state index contributed by atoms with van der Waals surface area (Å²) in [6.07, 6.45) is 0.187. The zero-order chi connectivity index (χ0) is 22.8. The summed E-state index contributed by atoms with van der Waals surface area (Å²) in [5, 5.41) is 0. The van der Waals surface area contributed by atoms with Gasteiger partial charge in [0.15, 0.2) is 12.2 Å². The number of hydrogen-bond donors (Lipinski definition) is 1. The van der Waals surface area contributed by atoms with Gasteiger partial charge in [0.1, 0.15) is 6.54 Å². The smallest absolute Gasteiger partial charge is 0.308 e. The molecule has 1 aliphatic heterocycles. The lowest BCUT2D eigenvalue weighted by molar-refractivity contribution is -0.872. The summed E-state index contributed by atoms with van der Waals surface area (Å²) >= 11 is 0. The zero-order valence-corrected chi connectivity index (χ0v) is 18.0. The molecule has 0 aliphatic carbocycles. The summed E-state index contributed by atoms with van der Waals surface area (Å²) < 4.78 is 26.7. The van der Waals surface area contributed by atoms with E-state index in [4.69, 9.17) is 30.1 Å². The number of rotatable bonds is 9. The van der Waals surface area contributed by atoms with Gasteiger partial charge in [0.2, 0.25) is 12.4 Å². The molecule has 6 atom stereocenters. The topological polar surface area (TPSA) is 119 Å². The first-order valence-corrected chi connectivity index (χ1v) is 9.66. The Balaban J connectivity index is 2.93. The molecular formula is C20H30NO9+. The third-order valence-corrected chi connectivity index (χ3v) is 4.27. The van der Waals surface area contributed by atoms with E-state index in [0.29, 0.717) is 19.5 Å². The van der Waals surface area contributed by atoms with E-state index in [-0.39, 0.29) is 6.42 Å². The van der Waals surface area contributed by atoms with Gasteiger partial charge in [-0.15, -0.1) is 6.42 Å². The van der Waals surface area contributed by atoms with Gasteiger partial charge >= 0.3 is 23.9 Å². The molecule has 0 aromatic rings. The molecule has 0 aromatic heterocycles. The minimum Gasteiger partial charge on any atom is -0.456 e. The van der Waals surface area contributed by atoms with Crippen LogP contribution in [-0.4, -0.2) is 74.7 Å². The molecule has 168 valence electrons. The fourth-order valence-corrected chi connectivity index (χ4v) is 3.05. The third kappa shape index (κ3) is 8.39. The summed E-state index contributed by atoms with van der Waals surface area (Å²) in [6, 6.07) is 0. The molecular weight excluding hydrogens is 398 g/mol. The van der Waals surface area contributed by atoms with Crippen molar-refractivity contribution in [1.82, 2.24) is 0 Å². The zero-order valence-electron chi connectivity index (χ0n) is 18.0. The van der Waals surface area contributed by atoms with Crippen molar-refractivity contribution in [2.75, 3.05) is 20.1 Å². The Morgan fingerprint density at radius 1 is 0.933 bits per heavy atom. The average molecular weight is 428 g/mol. The minimum absolute atomic E-state index is 0.0918. The number of terminal acetylenes is 1. The van der Waals surface area contributed by atoms with Crippen LogP contribution >= 0.6 is 0 Å². The lowest BCUT2D eigenvalue weighted by Crippen LogP contribution is -3.08. The van der Waals surface area contributed by atoms with E-state index in [9.17, 15) is 19.2 Å². The Morgan fingerprint density at radius 2 is 1.47 bits per heavy atom. The molecule has 6 unspecified atom stereocenters. The highest BCUT2D eigenvalue weighted by Crippen LogP contribution is 2.29. The third-order valence-electron chi connectivity index (χ3n) is 4.27. The average Bonchev–Trinajstić information content (AvgIpc) is 2.60. The fourth-order valence-electron chi connectivity index (χ4n) is 3.05. The Kier molecular flexibility index (Phi) is 10.3. The van der Waals surface area contributed by atoms with Crippen molar-refractivity contribution in [3.05, 3.63) is 0 Å². The lowest BCUT2D eigenvalue weighted by atomic mass is 9.99. The molecule has 0 spiro atoms. The van der Waals surface area contributed by atoms with Gasteiger partial charge in [-0.25, -0.2) is 0 Å². The summed E-state index contributed by atoms with van der Waals surface area (Å²) in [5.74, 6) is -0.0729. The molecule has 1 aliphatic rings. The Hall–Kier alpha value is -2.64. The summed E-state index contributed by atoms with van der Waals surface area (Å²) in [5.41, 5.74) is 0. The van der Waals surface area contributed by atoms with E-state index in [1.165, 1.54) is 6.92 Å². The van der Waals surface area contributed by atoms with E-state index < -0.39 is 54.6 Å². The predicted octanol–water partition coefficient (Wildman–Crippen LogP) is -1.00. The van der Waals surface area contributed by atoms with Crippen LogP contribution in [0.4, 0.5) is 0 Å². The van der Waals surface area contributed by atoms with Gasteiger partial charge < -0.3 is 28.6 Å². The van der Waals surface area contributed by atoms with Crippen molar-refractivity contribution in [3.63, 3.8) is 0 Å².